The number of ether oxygens (including phenoxy) is 1. The fraction of sp³-hybridized carbons (Fsp3) is 0.333. The minimum absolute atomic E-state index is 0.0210. The third-order valence-electron chi connectivity index (χ3n) is 1.42. The number of aliphatic hydroxyl groups excluding tert-OH is 1. The molecule has 1 aromatic carbocycles. The van der Waals surface area contributed by atoms with E-state index in [0.29, 0.717) is 0 Å². The molecular formula is C9H12NO2. The highest BCUT2D eigenvalue weighted by atomic mass is 16.5. The number of benzene rings is 1. The van der Waals surface area contributed by atoms with E-state index in [4.69, 9.17) is 15.6 Å². The van der Waals surface area contributed by atoms with E-state index in [2.05, 4.69) is 0 Å². The Morgan fingerprint density at radius 2 is 2.00 bits per heavy atom. The molecule has 0 saturated carbocycles. The third-order valence-corrected chi connectivity index (χ3v) is 1.42. The molecule has 65 valence electrons. The molecule has 1 rings (SSSR count). The molecular weight excluding hydrogens is 154 g/mol. The van der Waals surface area contributed by atoms with Gasteiger partial charge in [-0.15, -0.1) is 0 Å². The molecule has 3 heteroatoms. The summed E-state index contributed by atoms with van der Waals surface area (Å²) in [5.41, 5.74) is 6.84. The van der Waals surface area contributed by atoms with Gasteiger partial charge in [-0.1, -0.05) is 18.2 Å². The summed E-state index contributed by atoms with van der Waals surface area (Å²) in [7, 11) is 0. The van der Waals surface area contributed by atoms with Crippen LogP contribution in [0.25, 0.3) is 0 Å². The minimum atomic E-state index is -0.690. The lowest BCUT2D eigenvalue weighted by Crippen LogP contribution is -2.22. The normalized spacial score (nSPS) is 12.5. The smallest absolute Gasteiger partial charge is 0.119 e. The highest BCUT2D eigenvalue weighted by Gasteiger charge is 2.01. The van der Waals surface area contributed by atoms with Crippen molar-refractivity contribution >= 4 is 0 Å². The van der Waals surface area contributed by atoms with Crippen LogP contribution >= 0.6 is 0 Å². The van der Waals surface area contributed by atoms with Gasteiger partial charge in [0.05, 0.1) is 0 Å². The molecule has 0 saturated heterocycles. The van der Waals surface area contributed by atoms with Crippen LogP contribution in [0.3, 0.4) is 0 Å². The van der Waals surface area contributed by atoms with Gasteiger partial charge in [-0.3, -0.25) is 5.73 Å². The molecule has 0 aliphatic rings. The lowest BCUT2D eigenvalue weighted by Gasteiger charge is -2.08. The first-order chi connectivity index (χ1) is 5.83. The highest BCUT2D eigenvalue weighted by Crippen LogP contribution is 2.08. The van der Waals surface area contributed by atoms with E-state index in [-0.39, 0.29) is 13.2 Å². The molecule has 0 fully saturated rings. The maximum Gasteiger partial charge on any atom is 0.119 e. The van der Waals surface area contributed by atoms with Crippen molar-refractivity contribution < 1.29 is 9.84 Å². The molecule has 1 radical (unpaired) electrons. The lowest BCUT2D eigenvalue weighted by molar-refractivity contribution is 0.113. The Balaban J connectivity index is 2.33. The maximum atomic E-state index is 9.01. The van der Waals surface area contributed by atoms with E-state index >= 15 is 0 Å². The van der Waals surface area contributed by atoms with E-state index in [1.165, 1.54) is 0 Å². The van der Waals surface area contributed by atoms with Crippen LogP contribution in [0.2, 0.25) is 0 Å². The van der Waals surface area contributed by atoms with Crippen molar-refractivity contribution in [2.24, 2.45) is 0 Å². The lowest BCUT2D eigenvalue weighted by atomic mass is 10.3. The zero-order valence-electron chi connectivity index (χ0n) is 6.73. The topological polar surface area (TPSA) is 53.3 Å². The van der Waals surface area contributed by atoms with Gasteiger partial charge in [0.25, 0.3) is 0 Å². The van der Waals surface area contributed by atoms with Crippen LogP contribution in [0, 0.1) is 0 Å². The van der Waals surface area contributed by atoms with Crippen LogP contribution in [0.15, 0.2) is 30.3 Å². The Morgan fingerprint density at radius 1 is 1.33 bits per heavy atom. The first-order valence-electron chi connectivity index (χ1n) is 3.83. The SMILES string of the molecule is [NH]CC(O)COc1ccccc1. The van der Waals surface area contributed by atoms with E-state index in [1.807, 2.05) is 30.3 Å². The zero-order valence-corrected chi connectivity index (χ0v) is 6.73. The van der Waals surface area contributed by atoms with Gasteiger partial charge >= 0.3 is 0 Å². The monoisotopic (exact) mass is 166 g/mol. The predicted molar refractivity (Wildman–Crippen MR) is 45.9 cm³/mol. The van der Waals surface area contributed by atoms with Crippen LogP contribution < -0.4 is 10.5 Å². The molecule has 1 atom stereocenters. The van der Waals surface area contributed by atoms with Crippen LogP contribution in [-0.4, -0.2) is 24.4 Å². The summed E-state index contributed by atoms with van der Waals surface area (Å²) in [4.78, 5) is 0. The largest absolute Gasteiger partial charge is 0.491 e. The van der Waals surface area contributed by atoms with E-state index in [1.54, 1.807) is 0 Å². The predicted octanol–water partition coefficient (Wildman–Crippen LogP) is 0.709. The Bertz CT molecular complexity index is 213. The Kier molecular flexibility index (Phi) is 3.57. The van der Waals surface area contributed by atoms with E-state index < -0.39 is 6.10 Å². The molecule has 1 aromatic rings. The van der Waals surface area contributed by atoms with Gasteiger partial charge in [-0.2, -0.15) is 0 Å². The summed E-state index contributed by atoms with van der Waals surface area (Å²) in [5, 5.41) is 9.01. The van der Waals surface area contributed by atoms with Crippen molar-refractivity contribution in [3.8, 4) is 5.75 Å². The molecule has 0 heterocycles. The summed E-state index contributed by atoms with van der Waals surface area (Å²) >= 11 is 0. The first-order valence-corrected chi connectivity index (χ1v) is 3.83. The van der Waals surface area contributed by atoms with Crippen molar-refractivity contribution in [1.29, 1.82) is 0 Å². The van der Waals surface area contributed by atoms with Gasteiger partial charge < -0.3 is 9.84 Å². The molecule has 0 spiro atoms. The molecule has 0 aromatic heterocycles. The van der Waals surface area contributed by atoms with Crippen molar-refractivity contribution in [2.75, 3.05) is 13.2 Å². The maximum absolute atomic E-state index is 9.01. The van der Waals surface area contributed by atoms with Crippen LogP contribution in [0.4, 0.5) is 0 Å². The molecule has 3 nitrogen and oxygen atoms in total. The molecule has 12 heavy (non-hydrogen) atoms. The zero-order chi connectivity index (χ0) is 8.81. The van der Waals surface area contributed by atoms with E-state index in [0.717, 1.165) is 5.75 Å². The summed E-state index contributed by atoms with van der Waals surface area (Å²) < 4.78 is 5.19. The van der Waals surface area contributed by atoms with Gasteiger partial charge in [0.2, 0.25) is 0 Å². The quantitative estimate of drug-likeness (QED) is 0.716. The van der Waals surface area contributed by atoms with Gasteiger partial charge in [0, 0.05) is 6.54 Å². The second-order valence-electron chi connectivity index (χ2n) is 2.48. The minimum Gasteiger partial charge on any atom is -0.491 e. The van der Waals surface area contributed by atoms with Crippen molar-refractivity contribution in [1.82, 2.24) is 5.73 Å². The summed E-state index contributed by atoms with van der Waals surface area (Å²) in [6.07, 6.45) is -0.690. The molecule has 0 aliphatic heterocycles. The number of hydrogen-bond acceptors (Lipinski definition) is 2. The van der Waals surface area contributed by atoms with Crippen molar-refractivity contribution in [3.05, 3.63) is 30.3 Å². The van der Waals surface area contributed by atoms with E-state index in [9.17, 15) is 0 Å². The summed E-state index contributed by atoms with van der Waals surface area (Å²) in [5.74, 6) is 0.727. The van der Waals surface area contributed by atoms with Crippen LogP contribution in [0.5, 0.6) is 5.75 Å². The Morgan fingerprint density at radius 3 is 2.58 bits per heavy atom. The number of nitrogens with one attached hydrogen (secondary N) is 1. The van der Waals surface area contributed by atoms with Gasteiger partial charge in [-0.25, -0.2) is 0 Å². The number of aliphatic hydroxyl groups is 1. The average Bonchev–Trinajstić information content (AvgIpc) is 2.16. The highest BCUT2D eigenvalue weighted by molar-refractivity contribution is 5.20. The average molecular weight is 166 g/mol. The second-order valence-corrected chi connectivity index (χ2v) is 2.48. The van der Waals surface area contributed by atoms with Gasteiger partial charge in [0.1, 0.15) is 18.5 Å². The standard InChI is InChI=1S/C9H12NO2/c10-6-8(11)7-12-9-4-2-1-3-5-9/h1-5,8,10-11H,6-7H2. The molecule has 0 amide bonds. The summed E-state index contributed by atoms with van der Waals surface area (Å²) in [6.45, 7) is 0.167. The number of hydrogen-bond donors (Lipinski definition) is 1. The fourth-order valence-electron chi connectivity index (χ4n) is 0.768. The van der Waals surface area contributed by atoms with Gasteiger partial charge in [-0.05, 0) is 12.1 Å². The summed E-state index contributed by atoms with van der Waals surface area (Å²) in [6, 6.07) is 9.26. The number of rotatable bonds is 4. The first kappa shape index (κ1) is 9.03. The number of para-hydroxylation sites is 1. The van der Waals surface area contributed by atoms with Crippen LogP contribution in [-0.2, 0) is 0 Å². The Hall–Kier alpha value is -1.06. The third kappa shape index (κ3) is 2.90. The van der Waals surface area contributed by atoms with Crippen molar-refractivity contribution in [2.45, 2.75) is 6.10 Å². The van der Waals surface area contributed by atoms with Crippen LogP contribution in [0.1, 0.15) is 0 Å². The van der Waals surface area contributed by atoms with Crippen molar-refractivity contribution in [3.63, 3.8) is 0 Å². The molecule has 0 bridgehead atoms. The molecule has 2 N–H and O–H groups in total. The molecule has 0 aliphatic carbocycles. The molecule has 1 unspecified atom stereocenters. The second kappa shape index (κ2) is 4.74. The Labute approximate surface area is 71.8 Å². The van der Waals surface area contributed by atoms with Gasteiger partial charge in [0.15, 0.2) is 0 Å². The fourth-order valence-corrected chi connectivity index (χ4v) is 0.768.